The Labute approximate surface area is 304 Å². The largest absolute Gasteiger partial charge is 0.487 e. The number of hydrogen-bond acceptors (Lipinski definition) is 13. The van der Waals surface area contributed by atoms with Crippen LogP contribution < -0.4 is 14.8 Å². The molecule has 1 aromatic carbocycles. The van der Waals surface area contributed by atoms with E-state index in [0.717, 1.165) is 44.5 Å². The van der Waals surface area contributed by atoms with Gasteiger partial charge in [-0.15, -0.1) is 10.2 Å². The second-order valence-electron chi connectivity index (χ2n) is 13.7. The monoisotopic (exact) mass is 737 g/mol. The standard InChI is InChI=1S/C35H42F3N11O4/c1-23(17-47-22-42-45-46-47)53-32-13-24(3-4-25(32)14-39)26-15-40-34(41-16-26)43-31-18-48(44-33(31)52-12-2-11-50-21-35(36,37)38)27-5-7-28(8-6-27)49-29-9-10-30(49)20-51-19-29/h3-4,13,15-16,18,22-23,27-30H,2,5-12,17,19-21H2,1H3,(H,40,41,43)/t23-,27-,28-,29-,30+/m0/s1. The van der Waals surface area contributed by atoms with Crippen molar-refractivity contribution in [1.29, 1.82) is 5.26 Å². The van der Waals surface area contributed by atoms with E-state index < -0.39 is 12.8 Å². The molecule has 3 aromatic heterocycles. The van der Waals surface area contributed by atoms with E-state index in [-0.39, 0.29) is 31.8 Å². The summed E-state index contributed by atoms with van der Waals surface area (Å²) in [4.78, 5) is 11.8. The Morgan fingerprint density at radius 2 is 1.74 bits per heavy atom. The first-order chi connectivity index (χ1) is 25.7. The van der Waals surface area contributed by atoms with Gasteiger partial charge in [-0.3, -0.25) is 9.58 Å². The maximum absolute atomic E-state index is 12.5. The normalized spacial score (nSPS) is 22.3. The molecule has 1 N–H and O–H groups in total. The molecule has 3 aliphatic rings. The number of anilines is 2. The summed E-state index contributed by atoms with van der Waals surface area (Å²) in [6, 6.07) is 9.18. The predicted molar refractivity (Wildman–Crippen MR) is 183 cm³/mol. The highest BCUT2D eigenvalue weighted by molar-refractivity contribution is 5.67. The smallest absolute Gasteiger partial charge is 0.411 e. The average molecular weight is 738 g/mol. The number of halogens is 3. The molecule has 3 fully saturated rings. The molecule has 282 valence electrons. The number of fused-ring (bicyclic) bond motifs is 2. The van der Waals surface area contributed by atoms with E-state index in [9.17, 15) is 18.4 Å². The second-order valence-corrected chi connectivity index (χ2v) is 13.7. The molecular formula is C35H42F3N11O4. The Morgan fingerprint density at radius 1 is 1.00 bits per heavy atom. The summed E-state index contributed by atoms with van der Waals surface area (Å²) in [5, 5.41) is 28.8. The molecule has 2 bridgehead atoms. The highest BCUT2D eigenvalue weighted by atomic mass is 19.4. The maximum Gasteiger partial charge on any atom is 0.411 e. The molecule has 0 amide bonds. The molecule has 2 aliphatic heterocycles. The average Bonchev–Trinajstić information content (AvgIpc) is 3.87. The van der Waals surface area contributed by atoms with Crippen LogP contribution in [0.15, 0.2) is 43.1 Å². The van der Waals surface area contributed by atoms with Gasteiger partial charge in [0.05, 0.1) is 50.8 Å². The Bertz CT molecular complexity index is 1810. The zero-order valence-electron chi connectivity index (χ0n) is 29.4. The number of nitrogens with zero attached hydrogens (tertiary/aromatic N) is 10. The van der Waals surface area contributed by atoms with Gasteiger partial charge in [-0.25, -0.2) is 14.6 Å². The summed E-state index contributed by atoms with van der Waals surface area (Å²) in [5.41, 5.74) is 2.39. The third-order valence-electron chi connectivity index (χ3n) is 9.89. The number of rotatable bonds is 15. The first-order valence-corrected chi connectivity index (χ1v) is 17.9. The molecule has 1 aliphatic carbocycles. The Hall–Kier alpha value is -4.86. The van der Waals surface area contributed by atoms with Gasteiger partial charge in [0.25, 0.3) is 5.88 Å². The number of nitrogens with one attached hydrogen (secondary N) is 1. The lowest BCUT2D eigenvalue weighted by Crippen LogP contribution is -2.52. The van der Waals surface area contributed by atoms with E-state index in [1.807, 2.05) is 17.8 Å². The quantitative estimate of drug-likeness (QED) is 0.161. The fraction of sp³-hybridized carbons (Fsp3) is 0.571. The van der Waals surface area contributed by atoms with Gasteiger partial charge in [-0.05, 0) is 73.6 Å². The van der Waals surface area contributed by atoms with Crippen LogP contribution in [0.2, 0.25) is 0 Å². The van der Waals surface area contributed by atoms with Gasteiger partial charge >= 0.3 is 6.18 Å². The van der Waals surface area contributed by atoms with Crippen LogP contribution in [0.1, 0.15) is 63.5 Å². The van der Waals surface area contributed by atoms with Gasteiger partial charge in [0.15, 0.2) is 0 Å². The van der Waals surface area contributed by atoms with Crippen LogP contribution in [0.25, 0.3) is 11.1 Å². The van der Waals surface area contributed by atoms with Gasteiger partial charge in [0, 0.05) is 42.5 Å². The number of hydrogen-bond donors (Lipinski definition) is 1. The number of alkyl halides is 3. The molecular weight excluding hydrogens is 695 g/mol. The lowest BCUT2D eigenvalue weighted by molar-refractivity contribution is -0.174. The van der Waals surface area contributed by atoms with Crippen LogP contribution in [0.4, 0.5) is 24.8 Å². The summed E-state index contributed by atoms with van der Waals surface area (Å²) in [5.74, 6) is 1.03. The van der Waals surface area contributed by atoms with Crippen molar-refractivity contribution in [2.24, 2.45) is 0 Å². The zero-order chi connectivity index (χ0) is 36.8. The lowest BCUT2D eigenvalue weighted by Gasteiger charge is -2.43. The van der Waals surface area contributed by atoms with Crippen LogP contribution >= 0.6 is 0 Å². The number of aromatic nitrogens is 8. The van der Waals surface area contributed by atoms with E-state index in [1.54, 1.807) is 35.3 Å². The molecule has 0 radical (unpaired) electrons. The zero-order valence-corrected chi connectivity index (χ0v) is 29.4. The Kier molecular flexibility index (Phi) is 11.3. The van der Waals surface area contributed by atoms with Gasteiger partial charge in [-0.2, -0.15) is 18.4 Å². The molecule has 7 rings (SSSR count). The third kappa shape index (κ3) is 9.21. The molecule has 0 unspecified atom stereocenters. The van der Waals surface area contributed by atoms with E-state index >= 15 is 0 Å². The minimum absolute atomic E-state index is 0.0958. The topological polar surface area (TPSA) is 163 Å². The van der Waals surface area contributed by atoms with Crippen LogP contribution in [-0.4, -0.2) is 108 Å². The van der Waals surface area contributed by atoms with Crippen LogP contribution in [0, 0.1) is 11.3 Å². The summed E-state index contributed by atoms with van der Waals surface area (Å²) in [6.07, 6.45) is 8.73. The summed E-state index contributed by atoms with van der Waals surface area (Å²) < 4.78 is 63.5. The first-order valence-electron chi connectivity index (χ1n) is 17.9. The van der Waals surface area contributed by atoms with Crippen molar-refractivity contribution < 1.29 is 32.1 Å². The van der Waals surface area contributed by atoms with E-state index in [4.69, 9.17) is 24.0 Å². The number of nitriles is 1. The van der Waals surface area contributed by atoms with Crippen molar-refractivity contribution >= 4 is 11.6 Å². The van der Waals surface area contributed by atoms with E-state index in [0.29, 0.717) is 59.1 Å². The van der Waals surface area contributed by atoms with E-state index in [2.05, 4.69) is 41.8 Å². The predicted octanol–water partition coefficient (Wildman–Crippen LogP) is 5.10. The molecule has 5 heterocycles. The summed E-state index contributed by atoms with van der Waals surface area (Å²) in [7, 11) is 0. The number of benzene rings is 1. The number of morpholine rings is 1. The SMILES string of the molecule is C[C@@H](Cn1cnnn1)Oc1cc(-c2cnc(Nc3cn([C@H]4CC[C@H](N5[C@@H]6CC[C@H]5COC6)CC4)nc3OCCCOCC(F)(F)F)nc2)ccc1C#N. The van der Waals surface area contributed by atoms with Crippen molar-refractivity contribution in [1.82, 2.24) is 44.9 Å². The van der Waals surface area contributed by atoms with Gasteiger partial charge in [0.2, 0.25) is 5.95 Å². The van der Waals surface area contributed by atoms with Crippen LogP contribution in [-0.2, 0) is 16.0 Å². The molecule has 18 heteroatoms. The molecule has 53 heavy (non-hydrogen) atoms. The van der Waals surface area contributed by atoms with Gasteiger partial charge in [0.1, 0.15) is 36.5 Å². The van der Waals surface area contributed by atoms with Crippen molar-refractivity contribution in [2.45, 2.75) is 94.9 Å². The summed E-state index contributed by atoms with van der Waals surface area (Å²) >= 11 is 0. The second kappa shape index (κ2) is 16.4. The Balaban J connectivity index is 1.02. The highest BCUT2D eigenvalue weighted by Gasteiger charge is 2.42. The van der Waals surface area contributed by atoms with Gasteiger partial charge in [-0.1, -0.05) is 6.07 Å². The maximum atomic E-state index is 12.5. The minimum atomic E-state index is -4.38. The molecule has 2 saturated heterocycles. The number of tetrazole rings is 1. The highest BCUT2D eigenvalue weighted by Crippen LogP contribution is 2.39. The molecule has 15 nitrogen and oxygen atoms in total. The Morgan fingerprint density at radius 3 is 2.43 bits per heavy atom. The third-order valence-corrected chi connectivity index (χ3v) is 9.89. The molecule has 0 spiro atoms. The molecule has 3 atom stereocenters. The van der Waals surface area contributed by atoms with Crippen LogP contribution in [0.5, 0.6) is 11.6 Å². The van der Waals surface area contributed by atoms with Gasteiger partial charge < -0.3 is 24.3 Å². The molecule has 1 saturated carbocycles. The van der Waals surface area contributed by atoms with E-state index in [1.165, 1.54) is 19.2 Å². The van der Waals surface area contributed by atoms with Crippen molar-refractivity contribution in [2.75, 3.05) is 38.4 Å². The van der Waals surface area contributed by atoms with Crippen molar-refractivity contribution in [3.05, 3.63) is 48.7 Å². The minimum Gasteiger partial charge on any atom is -0.487 e. The fourth-order valence-electron chi connectivity index (χ4n) is 7.48. The van der Waals surface area contributed by atoms with Crippen LogP contribution in [0.3, 0.4) is 0 Å². The summed E-state index contributed by atoms with van der Waals surface area (Å²) in [6.45, 7) is 2.63. The lowest BCUT2D eigenvalue weighted by atomic mass is 9.89. The first kappa shape index (κ1) is 36.5. The van der Waals surface area contributed by atoms with Crippen molar-refractivity contribution in [3.63, 3.8) is 0 Å². The fourth-order valence-corrected chi connectivity index (χ4v) is 7.48. The number of ether oxygens (including phenoxy) is 4. The van der Waals surface area contributed by atoms with Crippen molar-refractivity contribution in [3.8, 4) is 28.8 Å². The molecule has 4 aromatic rings.